The minimum atomic E-state index is -4.61. The second kappa shape index (κ2) is 8.50. The van der Waals surface area contributed by atoms with Crippen LogP contribution in [0.25, 0.3) is 5.65 Å². The summed E-state index contributed by atoms with van der Waals surface area (Å²) < 4.78 is 45.9. The molecule has 9 heteroatoms. The largest absolute Gasteiger partial charge is 0.494 e. The van der Waals surface area contributed by atoms with Crippen molar-refractivity contribution in [3.8, 4) is 5.75 Å². The SMILES string of the molecule is CCCCCOc1ccc(NC(=O)c2cnn3c(C(F)(F)F)cc(C)nc23)cc1. The van der Waals surface area contributed by atoms with E-state index in [0.717, 1.165) is 31.5 Å². The van der Waals surface area contributed by atoms with E-state index >= 15 is 0 Å². The molecular weight excluding hydrogens is 385 g/mol. The van der Waals surface area contributed by atoms with E-state index in [1.54, 1.807) is 24.3 Å². The topological polar surface area (TPSA) is 68.5 Å². The molecule has 0 atom stereocenters. The predicted octanol–water partition coefficient (Wildman–Crippen LogP) is 4.88. The fourth-order valence-corrected chi connectivity index (χ4v) is 2.82. The molecule has 0 spiro atoms. The van der Waals surface area contributed by atoms with Crippen LogP contribution in [-0.2, 0) is 6.18 Å². The first-order valence-corrected chi connectivity index (χ1v) is 9.26. The number of rotatable bonds is 7. The Labute approximate surface area is 165 Å². The maximum atomic E-state index is 13.2. The molecule has 0 unspecified atom stereocenters. The number of nitrogens with zero attached hydrogens (tertiary/aromatic N) is 3. The number of amides is 1. The Balaban J connectivity index is 1.76. The Morgan fingerprint density at radius 2 is 1.93 bits per heavy atom. The number of aryl methyl sites for hydroxylation is 1. The lowest BCUT2D eigenvalue weighted by Crippen LogP contribution is -2.15. The number of hydrogen-bond donors (Lipinski definition) is 1. The summed E-state index contributed by atoms with van der Waals surface area (Å²) >= 11 is 0. The second-order valence-electron chi connectivity index (χ2n) is 6.61. The highest BCUT2D eigenvalue weighted by atomic mass is 19.4. The van der Waals surface area contributed by atoms with Crippen LogP contribution in [-0.4, -0.2) is 27.1 Å². The van der Waals surface area contributed by atoms with Crippen LogP contribution in [0, 0.1) is 6.92 Å². The number of hydrogen-bond acceptors (Lipinski definition) is 4. The molecule has 0 aliphatic carbocycles. The van der Waals surface area contributed by atoms with E-state index in [0.29, 0.717) is 22.6 Å². The van der Waals surface area contributed by atoms with E-state index < -0.39 is 17.8 Å². The van der Waals surface area contributed by atoms with Crippen LogP contribution < -0.4 is 10.1 Å². The molecule has 2 aromatic heterocycles. The van der Waals surface area contributed by atoms with Crippen LogP contribution in [0.2, 0.25) is 0 Å². The Kier molecular flexibility index (Phi) is 6.05. The van der Waals surface area contributed by atoms with Crippen LogP contribution in [0.5, 0.6) is 5.75 Å². The molecule has 0 radical (unpaired) electrons. The zero-order valence-electron chi connectivity index (χ0n) is 16.1. The highest BCUT2D eigenvalue weighted by molar-refractivity contribution is 6.08. The number of aromatic nitrogens is 3. The van der Waals surface area contributed by atoms with E-state index in [9.17, 15) is 18.0 Å². The normalized spacial score (nSPS) is 11.6. The van der Waals surface area contributed by atoms with Gasteiger partial charge in [-0.2, -0.15) is 18.3 Å². The predicted molar refractivity (Wildman–Crippen MR) is 102 cm³/mol. The summed E-state index contributed by atoms with van der Waals surface area (Å²) in [6, 6.07) is 7.67. The third-order valence-corrected chi connectivity index (χ3v) is 4.26. The minimum absolute atomic E-state index is 0.0425. The van der Waals surface area contributed by atoms with Gasteiger partial charge in [0.05, 0.1) is 12.8 Å². The molecule has 1 amide bonds. The van der Waals surface area contributed by atoms with Crippen LogP contribution in [0.15, 0.2) is 36.5 Å². The molecule has 154 valence electrons. The second-order valence-corrected chi connectivity index (χ2v) is 6.61. The Morgan fingerprint density at radius 1 is 1.21 bits per heavy atom. The van der Waals surface area contributed by atoms with Crippen molar-refractivity contribution in [3.63, 3.8) is 0 Å². The van der Waals surface area contributed by atoms with E-state index in [-0.39, 0.29) is 16.9 Å². The first-order chi connectivity index (χ1) is 13.8. The summed E-state index contributed by atoms with van der Waals surface area (Å²) in [7, 11) is 0. The van der Waals surface area contributed by atoms with Gasteiger partial charge in [-0.15, -0.1) is 0 Å². The molecule has 2 heterocycles. The molecule has 3 rings (SSSR count). The third-order valence-electron chi connectivity index (χ3n) is 4.26. The van der Waals surface area contributed by atoms with Gasteiger partial charge in [0.15, 0.2) is 5.65 Å². The van der Waals surface area contributed by atoms with Gasteiger partial charge >= 0.3 is 6.18 Å². The molecule has 3 aromatic rings. The quantitative estimate of drug-likeness (QED) is 0.568. The zero-order chi connectivity index (χ0) is 21.0. The highest BCUT2D eigenvalue weighted by Crippen LogP contribution is 2.30. The minimum Gasteiger partial charge on any atom is -0.494 e. The van der Waals surface area contributed by atoms with Crippen LogP contribution in [0.1, 0.15) is 47.9 Å². The van der Waals surface area contributed by atoms with Gasteiger partial charge in [-0.05, 0) is 43.7 Å². The Hall–Kier alpha value is -3.10. The summed E-state index contributed by atoms with van der Waals surface area (Å²) in [5.74, 6) is 0.0880. The molecule has 0 saturated heterocycles. The Morgan fingerprint density at radius 3 is 2.59 bits per heavy atom. The summed E-state index contributed by atoms with van der Waals surface area (Å²) in [4.78, 5) is 16.6. The maximum Gasteiger partial charge on any atom is 0.433 e. The van der Waals surface area contributed by atoms with E-state index in [1.807, 2.05) is 0 Å². The lowest BCUT2D eigenvalue weighted by Gasteiger charge is -2.10. The highest BCUT2D eigenvalue weighted by Gasteiger charge is 2.35. The standard InChI is InChI=1S/C20H21F3N4O2/c1-3-4-5-10-29-15-8-6-14(7-9-15)26-19(28)16-12-24-27-17(20(21,22)23)11-13(2)25-18(16)27/h6-9,11-12H,3-5,10H2,1-2H3,(H,26,28). The van der Waals surface area contributed by atoms with Gasteiger partial charge < -0.3 is 10.1 Å². The van der Waals surface area contributed by atoms with Crippen molar-refractivity contribution in [1.82, 2.24) is 14.6 Å². The molecule has 0 bridgehead atoms. The zero-order valence-corrected chi connectivity index (χ0v) is 16.1. The number of ether oxygens (including phenoxy) is 1. The van der Waals surface area contributed by atoms with Crippen molar-refractivity contribution in [2.24, 2.45) is 0 Å². The number of halogens is 3. The number of anilines is 1. The summed E-state index contributed by atoms with van der Waals surface area (Å²) in [6.07, 6.45) is -0.361. The van der Waals surface area contributed by atoms with Crippen LogP contribution in [0.4, 0.5) is 18.9 Å². The lowest BCUT2D eigenvalue weighted by molar-refractivity contribution is -0.142. The van der Waals surface area contributed by atoms with Crippen molar-refractivity contribution < 1.29 is 22.7 Å². The number of unbranched alkanes of at least 4 members (excludes halogenated alkanes) is 2. The van der Waals surface area contributed by atoms with E-state index in [4.69, 9.17) is 4.74 Å². The number of fused-ring (bicyclic) bond motifs is 1. The summed E-state index contributed by atoms with van der Waals surface area (Å²) in [6.45, 7) is 4.17. The fraction of sp³-hybridized carbons (Fsp3) is 0.350. The van der Waals surface area contributed by atoms with Crippen LogP contribution >= 0.6 is 0 Å². The van der Waals surface area contributed by atoms with Gasteiger partial charge in [0, 0.05) is 11.4 Å². The molecular formula is C20H21F3N4O2. The average Bonchev–Trinajstić information content (AvgIpc) is 3.08. The van der Waals surface area contributed by atoms with Crippen molar-refractivity contribution in [2.45, 2.75) is 39.3 Å². The molecule has 29 heavy (non-hydrogen) atoms. The average molecular weight is 406 g/mol. The van der Waals surface area contributed by atoms with Gasteiger partial charge in [0.25, 0.3) is 5.91 Å². The van der Waals surface area contributed by atoms with Gasteiger partial charge in [0.1, 0.15) is 17.0 Å². The van der Waals surface area contributed by atoms with Crippen molar-refractivity contribution in [1.29, 1.82) is 0 Å². The number of carbonyl (C=O) groups is 1. The van der Waals surface area contributed by atoms with Gasteiger partial charge in [-0.1, -0.05) is 19.8 Å². The Bertz CT molecular complexity index is 997. The van der Waals surface area contributed by atoms with Gasteiger partial charge in [-0.3, -0.25) is 4.79 Å². The maximum absolute atomic E-state index is 13.2. The summed E-state index contributed by atoms with van der Waals surface area (Å²) in [5.41, 5.74) is -0.545. The van der Waals surface area contributed by atoms with Crippen LogP contribution in [0.3, 0.4) is 0 Å². The van der Waals surface area contributed by atoms with Gasteiger partial charge in [-0.25, -0.2) is 9.50 Å². The summed E-state index contributed by atoms with van der Waals surface area (Å²) in [5, 5.41) is 6.35. The molecule has 1 N–H and O–H groups in total. The van der Waals surface area contributed by atoms with Crippen molar-refractivity contribution in [2.75, 3.05) is 11.9 Å². The first kappa shape index (κ1) is 20.6. The number of benzene rings is 1. The number of nitrogens with one attached hydrogen (secondary N) is 1. The number of alkyl halides is 3. The van der Waals surface area contributed by atoms with E-state index in [2.05, 4.69) is 22.3 Å². The van der Waals surface area contributed by atoms with Crippen molar-refractivity contribution >= 4 is 17.2 Å². The number of carbonyl (C=O) groups excluding carboxylic acids is 1. The first-order valence-electron chi connectivity index (χ1n) is 9.26. The smallest absolute Gasteiger partial charge is 0.433 e. The molecule has 1 aromatic carbocycles. The monoisotopic (exact) mass is 406 g/mol. The lowest BCUT2D eigenvalue weighted by atomic mass is 10.2. The van der Waals surface area contributed by atoms with E-state index in [1.165, 1.54) is 6.92 Å². The van der Waals surface area contributed by atoms with Crippen molar-refractivity contribution in [3.05, 3.63) is 53.5 Å². The van der Waals surface area contributed by atoms with Gasteiger partial charge in [0.2, 0.25) is 0 Å². The molecule has 0 saturated carbocycles. The molecule has 6 nitrogen and oxygen atoms in total. The third kappa shape index (κ3) is 4.85. The molecule has 0 aliphatic rings. The fourth-order valence-electron chi connectivity index (χ4n) is 2.82. The molecule has 0 fully saturated rings. The molecule has 0 aliphatic heterocycles.